The number of piperazine rings is 1. The van der Waals surface area contributed by atoms with Crippen molar-refractivity contribution in [3.8, 4) is 0 Å². The van der Waals surface area contributed by atoms with Crippen molar-refractivity contribution < 1.29 is 13.2 Å². The number of hydrogen-bond donors (Lipinski definition) is 0. The van der Waals surface area contributed by atoms with E-state index in [0.29, 0.717) is 11.6 Å². The molecule has 26 heavy (non-hydrogen) atoms. The van der Waals surface area contributed by atoms with Crippen molar-refractivity contribution in [1.29, 1.82) is 0 Å². The average molecular weight is 391 g/mol. The minimum absolute atomic E-state index is 0.00934. The Kier molecular flexibility index (Phi) is 4.50. The summed E-state index contributed by atoms with van der Waals surface area (Å²) in [7, 11) is -3.18. The molecule has 7 heteroatoms. The minimum atomic E-state index is -3.18. The molecule has 1 amide bonds. The first-order valence-electron chi connectivity index (χ1n) is 8.49. The van der Waals surface area contributed by atoms with Crippen LogP contribution in [0.3, 0.4) is 0 Å². The Bertz CT molecular complexity index is 916. The molecule has 0 aliphatic carbocycles. The van der Waals surface area contributed by atoms with Crippen LogP contribution in [0.25, 0.3) is 0 Å². The zero-order valence-electron chi connectivity index (χ0n) is 14.1. The van der Waals surface area contributed by atoms with E-state index in [1.54, 1.807) is 4.90 Å². The zero-order valence-corrected chi connectivity index (χ0v) is 15.7. The fourth-order valence-electron chi connectivity index (χ4n) is 3.88. The number of sulfone groups is 1. The van der Waals surface area contributed by atoms with Gasteiger partial charge < -0.3 is 4.90 Å². The fourth-order valence-corrected chi connectivity index (χ4v) is 5.99. The van der Waals surface area contributed by atoms with E-state index < -0.39 is 9.84 Å². The number of hydrogen-bond acceptors (Lipinski definition) is 4. The van der Waals surface area contributed by atoms with E-state index in [1.165, 1.54) is 0 Å². The van der Waals surface area contributed by atoms with Gasteiger partial charge in [-0.25, -0.2) is 8.42 Å². The summed E-state index contributed by atoms with van der Waals surface area (Å²) in [5.74, 6) is 0.0283. The molecule has 2 saturated heterocycles. The first-order chi connectivity index (χ1) is 12.4. The summed E-state index contributed by atoms with van der Waals surface area (Å²) in [5.41, 5.74) is 1.77. The number of carbonyl (C=O) groups excluding carboxylic acids is 1. The molecule has 0 unspecified atom stereocenters. The molecule has 4 rings (SSSR count). The van der Waals surface area contributed by atoms with Crippen LogP contribution in [0.4, 0.5) is 5.69 Å². The monoisotopic (exact) mass is 390 g/mol. The SMILES string of the molecule is O=C1CN(Cc2ccc(Cl)cc2)[C@@H]2CS(=O)(=O)C[C@@H]2N1c1ccccc1. The standard InChI is InChI=1S/C19H19ClN2O3S/c20-15-8-6-14(7-9-15)10-21-11-19(23)22(16-4-2-1-3-5-16)18-13-26(24,25)12-17(18)21/h1-9,17-18H,10-13H2/t17-,18+/m1/s1. The second-order valence-electron chi connectivity index (χ2n) is 6.84. The lowest BCUT2D eigenvalue weighted by Gasteiger charge is -2.43. The van der Waals surface area contributed by atoms with Crippen LogP contribution >= 0.6 is 11.6 Å². The number of carbonyl (C=O) groups is 1. The lowest BCUT2D eigenvalue weighted by molar-refractivity contribution is -0.123. The Morgan fingerprint density at radius 1 is 0.962 bits per heavy atom. The summed E-state index contributed by atoms with van der Waals surface area (Å²) < 4.78 is 24.7. The maximum Gasteiger partial charge on any atom is 0.241 e. The molecule has 2 aromatic carbocycles. The van der Waals surface area contributed by atoms with Crippen molar-refractivity contribution >= 4 is 33.0 Å². The quantitative estimate of drug-likeness (QED) is 0.807. The van der Waals surface area contributed by atoms with Gasteiger partial charge in [-0.2, -0.15) is 0 Å². The van der Waals surface area contributed by atoms with Gasteiger partial charge in [0.05, 0.1) is 24.1 Å². The van der Waals surface area contributed by atoms with Crippen molar-refractivity contribution in [2.24, 2.45) is 0 Å². The van der Waals surface area contributed by atoms with Gasteiger partial charge >= 0.3 is 0 Å². The molecule has 136 valence electrons. The van der Waals surface area contributed by atoms with Crippen LogP contribution in [0.5, 0.6) is 0 Å². The van der Waals surface area contributed by atoms with Crippen molar-refractivity contribution in [2.75, 3.05) is 23.0 Å². The summed E-state index contributed by atoms with van der Waals surface area (Å²) in [6, 6.07) is 16.2. The molecule has 0 bridgehead atoms. The highest BCUT2D eigenvalue weighted by atomic mass is 35.5. The largest absolute Gasteiger partial charge is 0.306 e. The van der Waals surface area contributed by atoms with Gasteiger partial charge in [-0.05, 0) is 29.8 Å². The van der Waals surface area contributed by atoms with Crippen LogP contribution in [0.2, 0.25) is 5.02 Å². The Morgan fingerprint density at radius 3 is 2.31 bits per heavy atom. The number of rotatable bonds is 3. The predicted octanol–water partition coefficient (Wildman–Crippen LogP) is 2.35. The molecular weight excluding hydrogens is 372 g/mol. The van der Waals surface area contributed by atoms with Crippen LogP contribution in [-0.2, 0) is 21.2 Å². The number of halogens is 1. The molecule has 0 radical (unpaired) electrons. The smallest absolute Gasteiger partial charge is 0.241 e. The Morgan fingerprint density at radius 2 is 1.62 bits per heavy atom. The number of para-hydroxylation sites is 1. The first kappa shape index (κ1) is 17.5. The topological polar surface area (TPSA) is 57.7 Å². The highest BCUT2D eigenvalue weighted by Gasteiger charge is 2.49. The van der Waals surface area contributed by atoms with Gasteiger partial charge in [0, 0.05) is 23.3 Å². The summed E-state index contributed by atoms with van der Waals surface area (Å²) in [6.07, 6.45) is 0. The maximum atomic E-state index is 12.9. The predicted molar refractivity (Wildman–Crippen MR) is 102 cm³/mol. The molecular formula is C19H19ClN2O3S. The van der Waals surface area contributed by atoms with E-state index >= 15 is 0 Å². The fraction of sp³-hybridized carbons (Fsp3) is 0.316. The van der Waals surface area contributed by atoms with Crippen molar-refractivity contribution in [1.82, 2.24) is 4.90 Å². The minimum Gasteiger partial charge on any atom is -0.306 e. The number of fused-ring (bicyclic) bond motifs is 1. The molecule has 2 atom stereocenters. The molecule has 0 aromatic heterocycles. The third kappa shape index (κ3) is 3.37. The number of benzene rings is 2. The highest BCUT2D eigenvalue weighted by molar-refractivity contribution is 7.91. The molecule has 0 spiro atoms. The van der Waals surface area contributed by atoms with Gasteiger partial charge in [0.15, 0.2) is 9.84 Å². The number of nitrogens with zero attached hydrogens (tertiary/aromatic N) is 2. The van der Waals surface area contributed by atoms with Crippen LogP contribution in [-0.4, -0.2) is 49.4 Å². The van der Waals surface area contributed by atoms with Gasteiger partial charge in [-0.1, -0.05) is 41.9 Å². The second kappa shape index (κ2) is 6.68. The number of amides is 1. The molecule has 2 aromatic rings. The summed E-state index contributed by atoms with van der Waals surface area (Å²) in [6.45, 7) is 0.733. The van der Waals surface area contributed by atoms with Crippen molar-refractivity contribution in [2.45, 2.75) is 18.6 Å². The third-order valence-corrected chi connectivity index (χ3v) is 6.99. The second-order valence-corrected chi connectivity index (χ2v) is 9.43. The lowest BCUT2D eigenvalue weighted by atomic mass is 10.0. The van der Waals surface area contributed by atoms with E-state index in [2.05, 4.69) is 0 Å². The summed E-state index contributed by atoms with van der Waals surface area (Å²) in [5, 5.41) is 0.653. The molecule has 2 aliphatic rings. The van der Waals surface area contributed by atoms with Gasteiger partial charge in [0.1, 0.15) is 0 Å². The van der Waals surface area contributed by atoms with E-state index in [1.807, 2.05) is 59.5 Å². The van der Waals surface area contributed by atoms with Crippen LogP contribution in [0.15, 0.2) is 54.6 Å². The van der Waals surface area contributed by atoms with E-state index in [0.717, 1.165) is 11.3 Å². The van der Waals surface area contributed by atoms with Crippen LogP contribution in [0, 0.1) is 0 Å². The Labute approximate surface area is 158 Å². The highest BCUT2D eigenvalue weighted by Crippen LogP contribution is 2.32. The number of anilines is 1. The van der Waals surface area contributed by atoms with Crippen molar-refractivity contribution in [3.63, 3.8) is 0 Å². The Balaban J connectivity index is 1.65. The van der Waals surface area contributed by atoms with Crippen molar-refractivity contribution in [3.05, 3.63) is 65.2 Å². The summed E-state index contributed by atoms with van der Waals surface area (Å²) >= 11 is 5.94. The summed E-state index contributed by atoms with van der Waals surface area (Å²) in [4.78, 5) is 16.5. The van der Waals surface area contributed by atoms with Gasteiger partial charge in [0.25, 0.3) is 0 Å². The lowest BCUT2D eigenvalue weighted by Crippen LogP contribution is -2.61. The van der Waals surface area contributed by atoms with Gasteiger partial charge in [-0.3, -0.25) is 9.69 Å². The third-order valence-electron chi connectivity index (χ3n) is 5.03. The van der Waals surface area contributed by atoms with Gasteiger partial charge in [0.2, 0.25) is 5.91 Å². The normalized spacial score (nSPS) is 25.3. The molecule has 2 fully saturated rings. The van der Waals surface area contributed by atoms with E-state index in [-0.39, 0.29) is 36.0 Å². The molecule has 2 aliphatic heterocycles. The zero-order chi connectivity index (χ0) is 18.3. The van der Waals surface area contributed by atoms with Crippen LogP contribution < -0.4 is 4.90 Å². The van der Waals surface area contributed by atoms with E-state index in [4.69, 9.17) is 11.6 Å². The van der Waals surface area contributed by atoms with E-state index in [9.17, 15) is 13.2 Å². The average Bonchev–Trinajstić information content (AvgIpc) is 2.93. The Hall–Kier alpha value is -1.89. The van der Waals surface area contributed by atoms with Crippen LogP contribution in [0.1, 0.15) is 5.56 Å². The molecule has 5 nitrogen and oxygen atoms in total. The molecule has 0 saturated carbocycles. The van der Waals surface area contributed by atoms with Gasteiger partial charge in [-0.15, -0.1) is 0 Å². The molecule has 2 heterocycles. The maximum absolute atomic E-state index is 12.9. The first-order valence-corrected chi connectivity index (χ1v) is 10.7. The molecule has 0 N–H and O–H groups in total.